The Bertz CT molecular complexity index is 1240. The number of aryl methyl sites for hydroxylation is 2. The van der Waals surface area contributed by atoms with Crippen LogP contribution in [0, 0.1) is 24.0 Å². The zero-order chi connectivity index (χ0) is 21.9. The highest BCUT2D eigenvalue weighted by atomic mass is 35.5. The van der Waals surface area contributed by atoms with Crippen molar-refractivity contribution in [3.8, 4) is 0 Å². The van der Waals surface area contributed by atoms with E-state index in [0.29, 0.717) is 0 Å². The van der Waals surface area contributed by atoms with Crippen molar-refractivity contribution in [3.63, 3.8) is 0 Å². The van der Waals surface area contributed by atoms with Gasteiger partial charge < -0.3 is 4.98 Å². The molecule has 0 amide bonds. The quantitative estimate of drug-likeness (QED) is 0.280. The number of para-hydroxylation sites is 1. The molecule has 2 aromatic carbocycles. The normalized spacial score (nSPS) is 11.6. The average Bonchev–Trinajstić information content (AvgIpc) is 3.00. The van der Waals surface area contributed by atoms with Crippen molar-refractivity contribution in [3.05, 3.63) is 80.6 Å². The van der Waals surface area contributed by atoms with Crippen LogP contribution in [-0.4, -0.2) is 24.5 Å². The number of nitro groups is 1. The molecule has 3 aromatic rings. The molecule has 0 bridgehead atoms. The Labute approximate surface area is 178 Å². The summed E-state index contributed by atoms with van der Waals surface area (Å²) < 4.78 is 28.3. The Kier molecular flexibility index (Phi) is 6.09. The molecule has 3 N–H and O–H groups in total. The third-order valence-electron chi connectivity index (χ3n) is 4.16. The lowest BCUT2D eigenvalue weighted by molar-refractivity contribution is -0.385. The van der Waals surface area contributed by atoms with Crippen LogP contribution in [-0.2, 0) is 10.0 Å². The highest BCUT2D eigenvalue weighted by molar-refractivity contribution is 7.93. The number of hydrogen-bond donors (Lipinski definition) is 3. The van der Waals surface area contributed by atoms with E-state index in [0.717, 1.165) is 23.0 Å². The monoisotopic (exact) mass is 447 g/mol. The average molecular weight is 448 g/mol. The van der Waals surface area contributed by atoms with Crippen LogP contribution >= 0.6 is 11.6 Å². The summed E-state index contributed by atoms with van der Waals surface area (Å²) in [5, 5.41) is 15.4. The molecule has 0 saturated carbocycles. The highest BCUT2D eigenvalue weighted by Gasteiger charge is 2.23. The van der Waals surface area contributed by atoms with E-state index in [-0.39, 0.29) is 27.0 Å². The number of non-ortho nitro benzene ring substituents is 1. The van der Waals surface area contributed by atoms with Gasteiger partial charge in [-0.3, -0.25) is 20.3 Å². The molecule has 0 atom stereocenters. The summed E-state index contributed by atoms with van der Waals surface area (Å²) >= 11 is 6.03. The molecule has 30 heavy (non-hydrogen) atoms. The molecule has 0 saturated heterocycles. The number of hydrogen-bond acceptors (Lipinski definition) is 6. The fourth-order valence-corrected chi connectivity index (χ4v) is 4.23. The van der Waals surface area contributed by atoms with Gasteiger partial charge in [0.05, 0.1) is 27.5 Å². The number of nitrogens with one attached hydrogen (secondary N) is 3. The topological polar surface area (TPSA) is 129 Å². The molecule has 0 radical (unpaired) electrons. The first-order valence-electron chi connectivity index (χ1n) is 8.68. The summed E-state index contributed by atoms with van der Waals surface area (Å²) in [6.45, 7) is 3.78. The lowest BCUT2D eigenvalue weighted by Gasteiger charge is -2.12. The fourth-order valence-electron chi connectivity index (χ4n) is 2.73. The molecule has 156 valence electrons. The van der Waals surface area contributed by atoms with Gasteiger partial charge in [-0.25, -0.2) is 8.42 Å². The minimum absolute atomic E-state index is 0.0707. The first-order chi connectivity index (χ1) is 14.2. The number of aromatic amines is 1. The van der Waals surface area contributed by atoms with Crippen LogP contribution in [0.4, 0.5) is 17.1 Å². The fraction of sp³-hybridized carbons (Fsp3) is 0.105. The highest BCUT2D eigenvalue weighted by Crippen LogP contribution is 2.30. The number of benzene rings is 2. The zero-order valence-electron chi connectivity index (χ0n) is 16.0. The molecule has 0 unspecified atom stereocenters. The molecule has 0 aliphatic carbocycles. The molecule has 11 heteroatoms. The van der Waals surface area contributed by atoms with Crippen molar-refractivity contribution in [2.24, 2.45) is 5.10 Å². The molecule has 1 heterocycles. The number of anilines is 2. The Morgan fingerprint density at radius 3 is 2.50 bits per heavy atom. The second-order valence-corrected chi connectivity index (χ2v) is 8.48. The largest absolute Gasteiger partial charge is 0.362 e. The third kappa shape index (κ3) is 4.78. The number of nitrogens with zero attached hydrogens (tertiary/aromatic N) is 2. The molecule has 9 nitrogen and oxygen atoms in total. The van der Waals surface area contributed by atoms with Crippen LogP contribution in [0.15, 0.2) is 58.5 Å². The molecular weight excluding hydrogens is 430 g/mol. The summed E-state index contributed by atoms with van der Waals surface area (Å²) in [4.78, 5) is 13.3. The molecule has 0 spiro atoms. The molecule has 1 aromatic heterocycles. The van der Waals surface area contributed by atoms with E-state index in [1.54, 1.807) is 12.1 Å². The van der Waals surface area contributed by atoms with Crippen LogP contribution in [0.5, 0.6) is 0 Å². The maximum absolute atomic E-state index is 13.0. The number of nitro benzene ring substituents is 1. The summed E-state index contributed by atoms with van der Waals surface area (Å²) in [6, 6.07) is 11.6. The van der Waals surface area contributed by atoms with Crippen molar-refractivity contribution in [2.75, 3.05) is 10.1 Å². The van der Waals surface area contributed by atoms with Gasteiger partial charge in [0.2, 0.25) is 0 Å². The van der Waals surface area contributed by atoms with Crippen LogP contribution in [0.2, 0.25) is 5.02 Å². The van der Waals surface area contributed by atoms with Crippen LogP contribution in [0.3, 0.4) is 0 Å². The minimum Gasteiger partial charge on any atom is -0.362 e. The van der Waals surface area contributed by atoms with Crippen LogP contribution in [0.1, 0.15) is 17.0 Å². The van der Waals surface area contributed by atoms with Gasteiger partial charge in [0.25, 0.3) is 15.7 Å². The van der Waals surface area contributed by atoms with Gasteiger partial charge in [0.1, 0.15) is 4.90 Å². The number of halogens is 1. The van der Waals surface area contributed by atoms with E-state index in [4.69, 9.17) is 11.6 Å². The van der Waals surface area contributed by atoms with E-state index in [1.807, 2.05) is 19.9 Å². The Morgan fingerprint density at radius 2 is 1.87 bits per heavy atom. The van der Waals surface area contributed by atoms with Crippen molar-refractivity contribution < 1.29 is 13.3 Å². The van der Waals surface area contributed by atoms with E-state index in [9.17, 15) is 18.5 Å². The SMILES string of the molecule is Cc1cc(C=NNc2ccc([N+](=O)[O-])cc2S(=O)(=O)Nc2ccccc2Cl)c(C)[nH]1. The summed E-state index contributed by atoms with van der Waals surface area (Å²) in [6.07, 6.45) is 1.53. The minimum atomic E-state index is -4.20. The summed E-state index contributed by atoms with van der Waals surface area (Å²) in [5.74, 6) is 0. The van der Waals surface area contributed by atoms with Gasteiger partial charge in [0, 0.05) is 29.1 Å². The van der Waals surface area contributed by atoms with Gasteiger partial charge in [-0.2, -0.15) is 5.10 Å². The summed E-state index contributed by atoms with van der Waals surface area (Å²) in [5.41, 5.74) is 5.17. The zero-order valence-corrected chi connectivity index (χ0v) is 17.6. The van der Waals surface area contributed by atoms with Gasteiger partial charge in [-0.15, -0.1) is 0 Å². The third-order valence-corrected chi connectivity index (χ3v) is 5.90. The summed E-state index contributed by atoms with van der Waals surface area (Å²) in [7, 11) is -4.20. The van der Waals surface area contributed by atoms with E-state index in [2.05, 4.69) is 20.2 Å². The number of rotatable bonds is 7. The van der Waals surface area contributed by atoms with E-state index in [1.165, 1.54) is 30.5 Å². The van der Waals surface area contributed by atoms with Gasteiger partial charge >= 0.3 is 0 Å². The first-order valence-corrected chi connectivity index (χ1v) is 10.5. The smallest absolute Gasteiger partial charge is 0.270 e. The Morgan fingerprint density at radius 1 is 1.13 bits per heavy atom. The van der Waals surface area contributed by atoms with Crippen molar-refractivity contribution in [1.29, 1.82) is 0 Å². The lowest BCUT2D eigenvalue weighted by Crippen LogP contribution is -2.15. The Hall–Kier alpha value is -3.37. The molecule has 0 aliphatic heterocycles. The first kappa shape index (κ1) is 21.3. The van der Waals surface area contributed by atoms with E-state index < -0.39 is 14.9 Å². The number of hydrazone groups is 1. The number of H-pyrrole nitrogens is 1. The van der Waals surface area contributed by atoms with Crippen molar-refractivity contribution >= 4 is 44.9 Å². The second-order valence-electron chi connectivity index (χ2n) is 6.43. The van der Waals surface area contributed by atoms with Gasteiger partial charge in [-0.05, 0) is 38.1 Å². The van der Waals surface area contributed by atoms with Gasteiger partial charge in [-0.1, -0.05) is 23.7 Å². The van der Waals surface area contributed by atoms with Crippen molar-refractivity contribution in [1.82, 2.24) is 4.98 Å². The molecular formula is C19H18ClN5O4S. The Balaban J connectivity index is 1.97. The maximum Gasteiger partial charge on any atom is 0.270 e. The van der Waals surface area contributed by atoms with E-state index >= 15 is 0 Å². The van der Waals surface area contributed by atoms with Gasteiger partial charge in [0.15, 0.2) is 0 Å². The van der Waals surface area contributed by atoms with Crippen LogP contribution < -0.4 is 10.1 Å². The number of sulfonamides is 1. The standard InChI is InChI=1S/C19H18ClN5O4S/c1-12-9-14(13(2)22-12)11-21-23-18-8-7-15(25(26)27)10-19(18)30(28,29)24-17-6-4-3-5-16(17)20/h3-11,22-24H,1-2H3. The predicted molar refractivity (Wildman–Crippen MR) is 117 cm³/mol. The molecule has 3 rings (SSSR count). The second kappa shape index (κ2) is 8.56. The van der Waals surface area contributed by atoms with Crippen molar-refractivity contribution in [2.45, 2.75) is 18.7 Å². The maximum atomic E-state index is 13.0. The number of aromatic nitrogens is 1. The molecule has 0 fully saturated rings. The predicted octanol–water partition coefficient (Wildman–Crippen LogP) is 4.44. The molecule has 0 aliphatic rings. The lowest BCUT2D eigenvalue weighted by atomic mass is 10.3. The van der Waals surface area contributed by atoms with Crippen LogP contribution in [0.25, 0.3) is 0 Å².